The van der Waals surface area contributed by atoms with Crippen LogP contribution in [0.25, 0.3) is 0 Å². The Bertz CT molecular complexity index is 848. The standard InChI is InChI=1S/C22H30FN3O5/c1-5-24-19(27)13-26-9-8-16-10-17(6-7-18(16)20(26)28)30-14-15(11-23)12-25-21(29)31-22(2,3)4/h6-7,10-11H,5,8-9,12-14H2,1-4H3,(H,24,27)(H,25,29)/b15-11+. The third kappa shape index (κ3) is 7.58. The van der Waals surface area contributed by atoms with Crippen molar-refractivity contribution in [1.82, 2.24) is 15.5 Å². The fraction of sp³-hybridized carbons (Fsp3) is 0.500. The first-order valence-electron chi connectivity index (χ1n) is 10.2. The van der Waals surface area contributed by atoms with Gasteiger partial charge in [0.25, 0.3) is 5.91 Å². The van der Waals surface area contributed by atoms with Crippen molar-refractivity contribution in [3.63, 3.8) is 0 Å². The summed E-state index contributed by atoms with van der Waals surface area (Å²) < 4.78 is 23.9. The van der Waals surface area contributed by atoms with Crippen LogP contribution in [-0.4, -0.2) is 61.2 Å². The second-order valence-corrected chi connectivity index (χ2v) is 8.16. The fourth-order valence-electron chi connectivity index (χ4n) is 2.98. The van der Waals surface area contributed by atoms with Crippen molar-refractivity contribution in [2.45, 2.75) is 39.7 Å². The van der Waals surface area contributed by atoms with E-state index in [9.17, 15) is 18.8 Å². The third-order valence-corrected chi connectivity index (χ3v) is 4.39. The number of likely N-dealkylation sites (N-methyl/N-ethyl adjacent to an activating group) is 1. The summed E-state index contributed by atoms with van der Waals surface area (Å²) in [5, 5.41) is 5.16. The molecule has 1 aromatic rings. The number of alkyl carbamates (subject to hydrolysis) is 1. The predicted molar refractivity (Wildman–Crippen MR) is 114 cm³/mol. The maximum absolute atomic E-state index is 13.2. The van der Waals surface area contributed by atoms with Crippen LogP contribution in [0.2, 0.25) is 0 Å². The Morgan fingerprint density at radius 3 is 2.65 bits per heavy atom. The normalized spacial score (nSPS) is 14.0. The SMILES string of the molecule is CCNC(=O)CN1CCc2cc(OC/C(=C/F)CNC(=O)OC(C)(C)C)ccc2C1=O. The molecule has 0 fully saturated rings. The number of fused-ring (bicyclic) bond motifs is 1. The van der Waals surface area contributed by atoms with Crippen LogP contribution < -0.4 is 15.4 Å². The van der Waals surface area contributed by atoms with Crippen LogP contribution in [0.4, 0.5) is 9.18 Å². The van der Waals surface area contributed by atoms with Gasteiger partial charge in [-0.1, -0.05) is 0 Å². The van der Waals surface area contributed by atoms with Crippen LogP contribution in [0.15, 0.2) is 30.1 Å². The zero-order valence-electron chi connectivity index (χ0n) is 18.4. The van der Waals surface area contributed by atoms with E-state index in [4.69, 9.17) is 9.47 Å². The largest absolute Gasteiger partial charge is 0.489 e. The van der Waals surface area contributed by atoms with Crippen LogP contribution in [0.3, 0.4) is 0 Å². The van der Waals surface area contributed by atoms with Gasteiger partial charge in [0.2, 0.25) is 5.91 Å². The monoisotopic (exact) mass is 435 g/mol. The molecule has 0 bridgehead atoms. The van der Waals surface area contributed by atoms with Crippen molar-refractivity contribution in [2.75, 3.05) is 32.8 Å². The zero-order valence-corrected chi connectivity index (χ0v) is 18.4. The third-order valence-electron chi connectivity index (χ3n) is 4.39. The van der Waals surface area contributed by atoms with Crippen molar-refractivity contribution in [2.24, 2.45) is 0 Å². The molecule has 1 aliphatic heterocycles. The maximum Gasteiger partial charge on any atom is 0.407 e. The van der Waals surface area contributed by atoms with E-state index in [1.54, 1.807) is 39.0 Å². The molecule has 0 saturated carbocycles. The lowest BCUT2D eigenvalue weighted by Crippen LogP contribution is -2.44. The first-order chi connectivity index (χ1) is 14.6. The molecule has 1 aliphatic rings. The molecule has 0 unspecified atom stereocenters. The molecule has 3 amide bonds. The van der Waals surface area contributed by atoms with E-state index in [1.165, 1.54) is 4.90 Å². The number of amides is 3. The lowest BCUT2D eigenvalue weighted by atomic mass is 9.98. The Labute approximate surface area is 181 Å². The average Bonchev–Trinajstić information content (AvgIpc) is 2.69. The number of ether oxygens (including phenoxy) is 2. The second kappa shape index (κ2) is 10.8. The van der Waals surface area contributed by atoms with E-state index in [-0.39, 0.29) is 37.1 Å². The van der Waals surface area contributed by atoms with Gasteiger partial charge in [-0.15, -0.1) is 0 Å². The summed E-state index contributed by atoms with van der Waals surface area (Å²) in [6.45, 7) is 7.89. The van der Waals surface area contributed by atoms with Crippen molar-refractivity contribution in [3.05, 3.63) is 41.2 Å². The van der Waals surface area contributed by atoms with E-state index >= 15 is 0 Å². The highest BCUT2D eigenvalue weighted by molar-refractivity contribution is 5.98. The molecule has 31 heavy (non-hydrogen) atoms. The number of carbonyl (C=O) groups is 3. The molecule has 2 rings (SSSR count). The van der Waals surface area contributed by atoms with Gasteiger partial charge in [-0.2, -0.15) is 0 Å². The minimum Gasteiger partial charge on any atom is -0.489 e. The number of rotatable bonds is 8. The van der Waals surface area contributed by atoms with Crippen LogP contribution in [0, 0.1) is 0 Å². The molecule has 0 radical (unpaired) electrons. The summed E-state index contributed by atoms with van der Waals surface area (Å²) in [5.41, 5.74) is 0.923. The Balaban J connectivity index is 1.91. The summed E-state index contributed by atoms with van der Waals surface area (Å²) in [5.74, 6) is 0.0927. The van der Waals surface area contributed by atoms with Gasteiger partial charge in [0.1, 0.15) is 18.0 Å². The van der Waals surface area contributed by atoms with Gasteiger partial charge in [0.05, 0.1) is 12.9 Å². The molecular formula is C22H30FN3O5. The number of nitrogens with zero attached hydrogens (tertiary/aromatic N) is 1. The number of hydrogen-bond acceptors (Lipinski definition) is 5. The molecule has 0 aromatic heterocycles. The van der Waals surface area contributed by atoms with Crippen molar-refractivity contribution in [1.29, 1.82) is 0 Å². The van der Waals surface area contributed by atoms with Gasteiger partial charge in [-0.25, -0.2) is 9.18 Å². The van der Waals surface area contributed by atoms with Gasteiger partial charge in [0, 0.05) is 30.8 Å². The first-order valence-corrected chi connectivity index (χ1v) is 10.2. The van der Waals surface area contributed by atoms with Gasteiger partial charge in [0.15, 0.2) is 0 Å². The molecule has 9 heteroatoms. The summed E-state index contributed by atoms with van der Waals surface area (Å²) in [6.07, 6.45) is 0.332. The number of carbonyl (C=O) groups excluding carboxylic acids is 3. The highest BCUT2D eigenvalue weighted by atomic mass is 19.1. The highest BCUT2D eigenvalue weighted by Crippen LogP contribution is 2.24. The Kier molecular flexibility index (Phi) is 8.41. The van der Waals surface area contributed by atoms with Crippen LogP contribution in [0.5, 0.6) is 5.75 Å². The number of hydrogen-bond donors (Lipinski definition) is 2. The lowest BCUT2D eigenvalue weighted by molar-refractivity contribution is -0.121. The van der Waals surface area contributed by atoms with Crippen LogP contribution in [0.1, 0.15) is 43.6 Å². The van der Waals surface area contributed by atoms with Gasteiger partial charge in [-0.3, -0.25) is 9.59 Å². The van der Waals surface area contributed by atoms with Crippen LogP contribution >= 0.6 is 0 Å². The predicted octanol–water partition coefficient (Wildman–Crippen LogP) is 2.58. The minimum atomic E-state index is -0.643. The molecule has 0 spiro atoms. The molecule has 1 heterocycles. The average molecular weight is 435 g/mol. The number of halogens is 1. The Morgan fingerprint density at radius 2 is 2.00 bits per heavy atom. The summed E-state index contributed by atoms with van der Waals surface area (Å²) in [4.78, 5) is 37.6. The molecule has 0 atom stereocenters. The molecule has 8 nitrogen and oxygen atoms in total. The Morgan fingerprint density at radius 1 is 1.26 bits per heavy atom. The smallest absolute Gasteiger partial charge is 0.407 e. The van der Waals surface area contributed by atoms with Crippen LogP contribution in [-0.2, 0) is 16.0 Å². The van der Waals surface area contributed by atoms with E-state index in [0.717, 1.165) is 5.56 Å². The molecule has 2 N–H and O–H groups in total. The number of benzene rings is 1. The first kappa shape index (κ1) is 24.2. The highest BCUT2D eigenvalue weighted by Gasteiger charge is 2.26. The summed E-state index contributed by atoms with van der Waals surface area (Å²) >= 11 is 0. The minimum absolute atomic E-state index is 0.0274. The van der Waals surface area contributed by atoms with Gasteiger partial charge in [-0.05, 0) is 57.9 Å². The van der Waals surface area contributed by atoms with Gasteiger partial charge < -0.3 is 25.0 Å². The van der Waals surface area contributed by atoms with E-state index in [0.29, 0.717) is 37.2 Å². The molecule has 170 valence electrons. The van der Waals surface area contributed by atoms with E-state index in [1.807, 2.05) is 6.92 Å². The second-order valence-electron chi connectivity index (χ2n) is 8.16. The van der Waals surface area contributed by atoms with E-state index in [2.05, 4.69) is 10.6 Å². The summed E-state index contributed by atoms with van der Waals surface area (Å²) in [6, 6.07) is 5.02. The Hall–Kier alpha value is -3.10. The molecule has 0 aliphatic carbocycles. The van der Waals surface area contributed by atoms with Crippen molar-refractivity contribution >= 4 is 17.9 Å². The van der Waals surface area contributed by atoms with E-state index < -0.39 is 11.7 Å². The molecular weight excluding hydrogens is 405 g/mol. The fourth-order valence-corrected chi connectivity index (χ4v) is 2.98. The molecule has 0 saturated heterocycles. The van der Waals surface area contributed by atoms with Crippen molar-refractivity contribution in [3.8, 4) is 5.75 Å². The topological polar surface area (TPSA) is 97.0 Å². The van der Waals surface area contributed by atoms with Gasteiger partial charge >= 0.3 is 6.09 Å². The summed E-state index contributed by atoms with van der Waals surface area (Å²) in [7, 11) is 0. The lowest BCUT2D eigenvalue weighted by Gasteiger charge is -2.28. The molecule has 1 aromatic carbocycles. The maximum atomic E-state index is 13.2. The number of nitrogens with one attached hydrogen (secondary N) is 2. The van der Waals surface area contributed by atoms with Crippen molar-refractivity contribution < 1.29 is 28.2 Å². The quantitative estimate of drug-likeness (QED) is 0.654. The zero-order chi connectivity index (χ0) is 23.0.